The SMILES string of the molecule is Cc1ccc2ccccc2c1NC(=O)c1cn(C2CCN(C(=O)OC(C)(C)C)CC2)nn1. The monoisotopic (exact) mass is 435 g/mol. The van der Waals surface area contributed by atoms with Crippen molar-refractivity contribution in [1.29, 1.82) is 0 Å². The van der Waals surface area contributed by atoms with Gasteiger partial charge in [-0.1, -0.05) is 41.6 Å². The van der Waals surface area contributed by atoms with Gasteiger partial charge in [-0.15, -0.1) is 5.10 Å². The minimum absolute atomic E-state index is 0.0852. The summed E-state index contributed by atoms with van der Waals surface area (Å²) in [6.45, 7) is 8.71. The van der Waals surface area contributed by atoms with Crippen LogP contribution in [0, 0.1) is 6.92 Å². The van der Waals surface area contributed by atoms with E-state index in [1.54, 1.807) is 15.8 Å². The van der Waals surface area contributed by atoms with Gasteiger partial charge in [-0.3, -0.25) is 4.79 Å². The van der Waals surface area contributed by atoms with Gasteiger partial charge in [-0.25, -0.2) is 9.48 Å². The number of aromatic nitrogens is 3. The lowest BCUT2D eigenvalue weighted by atomic mass is 10.0. The Kier molecular flexibility index (Phi) is 5.86. The van der Waals surface area contributed by atoms with Gasteiger partial charge in [0.05, 0.1) is 17.9 Å². The Morgan fingerprint density at radius 1 is 1.09 bits per heavy atom. The summed E-state index contributed by atoms with van der Waals surface area (Å²) in [7, 11) is 0. The average Bonchev–Trinajstić information content (AvgIpc) is 3.25. The van der Waals surface area contributed by atoms with Crippen molar-refractivity contribution in [3.05, 3.63) is 53.9 Å². The molecule has 1 aromatic heterocycles. The number of nitrogens with one attached hydrogen (secondary N) is 1. The Hall–Kier alpha value is -3.42. The zero-order valence-electron chi connectivity index (χ0n) is 19.0. The molecule has 8 heteroatoms. The molecule has 0 saturated carbocycles. The second kappa shape index (κ2) is 8.61. The van der Waals surface area contributed by atoms with Crippen LogP contribution in [0.15, 0.2) is 42.6 Å². The summed E-state index contributed by atoms with van der Waals surface area (Å²) in [5.41, 5.74) is 1.53. The number of rotatable bonds is 3. The highest BCUT2D eigenvalue weighted by Gasteiger charge is 2.28. The fraction of sp³-hybridized carbons (Fsp3) is 0.417. The van der Waals surface area contributed by atoms with E-state index in [0.717, 1.165) is 34.9 Å². The molecule has 1 saturated heterocycles. The summed E-state index contributed by atoms with van der Waals surface area (Å²) >= 11 is 0. The number of fused-ring (bicyclic) bond motifs is 1. The molecule has 1 aliphatic heterocycles. The summed E-state index contributed by atoms with van der Waals surface area (Å²) in [6.07, 6.45) is 2.85. The number of carbonyl (C=O) groups is 2. The Labute approximate surface area is 187 Å². The minimum Gasteiger partial charge on any atom is -0.444 e. The maximum absolute atomic E-state index is 12.9. The van der Waals surface area contributed by atoms with E-state index in [1.165, 1.54) is 0 Å². The fourth-order valence-corrected chi connectivity index (χ4v) is 3.92. The number of benzene rings is 2. The summed E-state index contributed by atoms with van der Waals surface area (Å²) in [4.78, 5) is 26.9. The molecular weight excluding hydrogens is 406 g/mol. The van der Waals surface area contributed by atoms with Gasteiger partial charge in [0.1, 0.15) is 5.60 Å². The quantitative estimate of drug-likeness (QED) is 0.651. The molecular formula is C24H29N5O3. The lowest BCUT2D eigenvalue weighted by Gasteiger charge is -2.33. The first-order valence-corrected chi connectivity index (χ1v) is 10.9. The van der Waals surface area contributed by atoms with Crippen molar-refractivity contribution in [2.75, 3.05) is 18.4 Å². The standard InChI is InChI=1S/C24H29N5O3/c1-16-9-10-17-7-5-6-8-19(17)21(16)25-22(30)20-15-29(27-26-20)18-11-13-28(14-12-18)23(31)32-24(2,3)4/h5-10,15,18H,11-14H2,1-4H3,(H,25,30). The van der Waals surface area contributed by atoms with Gasteiger partial charge in [0.2, 0.25) is 0 Å². The molecule has 168 valence electrons. The van der Waals surface area contributed by atoms with Crippen LogP contribution in [0.5, 0.6) is 0 Å². The van der Waals surface area contributed by atoms with Crippen molar-refractivity contribution in [3.8, 4) is 0 Å². The number of piperidine rings is 1. The number of ether oxygens (including phenoxy) is 1. The predicted octanol–water partition coefficient (Wildman–Crippen LogP) is 4.56. The first kappa shape index (κ1) is 21.8. The van der Waals surface area contributed by atoms with Crippen LogP contribution in [0.25, 0.3) is 10.8 Å². The molecule has 0 aliphatic carbocycles. The topological polar surface area (TPSA) is 89.4 Å². The summed E-state index contributed by atoms with van der Waals surface area (Å²) < 4.78 is 7.18. The number of amides is 2. The molecule has 1 fully saturated rings. The molecule has 2 aromatic carbocycles. The van der Waals surface area contributed by atoms with E-state index in [4.69, 9.17) is 4.74 Å². The van der Waals surface area contributed by atoms with Gasteiger partial charge >= 0.3 is 6.09 Å². The van der Waals surface area contributed by atoms with Crippen molar-refractivity contribution >= 4 is 28.5 Å². The van der Waals surface area contributed by atoms with Crippen LogP contribution in [-0.4, -0.2) is 50.6 Å². The molecule has 0 atom stereocenters. The number of aryl methyl sites for hydroxylation is 1. The van der Waals surface area contributed by atoms with Crippen LogP contribution in [0.1, 0.15) is 55.7 Å². The smallest absolute Gasteiger partial charge is 0.410 e. The molecule has 2 amide bonds. The number of anilines is 1. The van der Waals surface area contributed by atoms with E-state index in [9.17, 15) is 9.59 Å². The Morgan fingerprint density at radius 2 is 1.81 bits per heavy atom. The molecule has 0 spiro atoms. The van der Waals surface area contributed by atoms with Crippen LogP contribution in [0.3, 0.4) is 0 Å². The third kappa shape index (κ3) is 4.74. The number of likely N-dealkylation sites (tertiary alicyclic amines) is 1. The number of hydrogen-bond donors (Lipinski definition) is 1. The third-order valence-electron chi connectivity index (χ3n) is 5.61. The first-order chi connectivity index (χ1) is 15.2. The maximum Gasteiger partial charge on any atom is 0.410 e. The second-order valence-corrected chi connectivity index (χ2v) is 9.22. The zero-order valence-corrected chi connectivity index (χ0v) is 19.0. The maximum atomic E-state index is 12.9. The summed E-state index contributed by atoms with van der Waals surface area (Å²) in [5, 5.41) is 13.3. The minimum atomic E-state index is -0.509. The Bertz CT molecular complexity index is 1140. The molecule has 8 nitrogen and oxygen atoms in total. The summed E-state index contributed by atoms with van der Waals surface area (Å²) in [5.74, 6) is -0.290. The van der Waals surface area contributed by atoms with Crippen LogP contribution in [0.4, 0.5) is 10.5 Å². The van der Waals surface area contributed by atoms with E-state index in [2.05, 4.69) is 15.6 Å². The van der Waals surface area contributed by atoms with E-state index >= 15 is 0 Å². The molecule has 0 bridgehead atoms. The van der Waals surface area contributed by atoms with Crippen molar-refractivity contribution in [3.63, 3.8) is 0 Å². The lowest BCUT2D eigenvalue weighted by molar-refractivity contribution is 0.0184. The second-order valence-electron chi connectivity index (χ2n) is 9.22. The van der Waals surface area contributed by atoms with Crippen LogP contribution in [0.2, 0.25) is 0 Å². The highest BCUT2D eigenvalue weighted by atomic mass is 16.6. The molecule has 32 heavy (non-hydrogen) atoms. The normalized spacial score (nSPS) is 15.1. The molecule has 3 aromatic rings. The number of hydrogen-bond acceptors (Lipinski definition) is 5. The van der Waals surface area contributed by atoms with Crippen LogP contribution in [-0.2, 0) is 4.74 Å². The van der Waals surface area contributed by atoms with Gasteiger partial charge in [0.25, 0.3) is 5.91 Å². The highest BCUT2D eigenvalue weighted by molar-refractivity contribution is 6.08. The highest BCUT2D eigenvalue weighted by Crippen LogP contribution is 2.28. The fourth-order valence-electron chi connectivity index (χ4n) is 3.92. The van der Waals surface area contributed by atoms with Crippen molar-refractivity contribution < 1.29 is 14.3 Å². The molecule has 0 radical (unpaired) electrons. The number of carbonyl (C=O) groups excluding carboxylic acids is 2. The molecule has 1 aliphatic rings. The van der Waals surface area contributed by atoms with Crippen LogP contribution < -0.4 is 5.32 Å². The first-order valence-electron chi connectivity index (χ1n) is 10.9. The number of nitrogens with zero attached hydrogens (tertiary/aromatic N) is 4. The zero-order chi connectivity index (χ0) is 22.9. The molecule has 1 N–H and O–H groups in total. The van der Waals surface area contributed by atoms with Gasteiger partial charge in [-0.2, -0.15) is 0 Å². The largest absolute Gasteiger partial charge is 0.444 e. The van der Waals surface area contributed by atoms with Gasteiger partial charge < -0.3 is 15.0 Å². The summed E-state index contributed by atoms with van der Waals surface area (Å²) in [6, 6.07) is 12.1. The van der Waals surface area contributed by atoms with Crippen molar-refractivity contribution in [1.82, 2.24) is 19.9 Å². The average molecular weight is 436 g/mol. The van der Waals surface area contributed by atoms with Crippen molar-refractivity contribution in [2.45, 2.75) is 52.2 Å². The van der Waals surface area contributed by atoms with Crippen LogP contribution >= 0.6 is 0 Å². The third-order valence-corrected chi connectivity index (χ3v) is 5.61. The Balaban J connectivity index is 1.41. The predicted molar refractivity (Wildman–Crippen MR) is 123 cm³/mol. The molecule has 0 unspecified atom stereocenters. The molecule has 2 heterocycles. The van der Waals surface area contributed by atoms with Crippen molar-refractivity contribution in [2.24, 2.45) is 0 Å². The van der Waals surface area contributed by atoms with E-state index in [-0.39, 0.29) is 23.7 Å². The van der Waals surface area contributed by atoms with E-state index in [1.807, 2.05) is 64.1 Å². The van der Waals surface area contributed by atoms with Gasteiger partial charge in [0.15, 0.2) is 5.69 Å². The molecule has 4 rings (SSSR count). The van der Waals surface area contributed by atoms with E-state index < -0.39 is 5.60 Å². The Morgan fingerprint density at radius 3 is 2.53 bits per heavy atom. The lowest BCUT2D eigenvalue weighted by Crippen LogP contribution is -2.42. The van der Waals surface area contributed by atoms with Gasteiger partial charge in [0, 0.05) is 18.5 Å². The van der Waals surface area contributed by atoms with E-state index in [0.29, 0.717) is 13.1 Å². The van der Waals surface area contributed by atoms with Gasteiger partial charge in [-0.05, 0) is 51.5 Å².